The van der Waals surface area contributed by atoms with Crippen LogP contribution in [0.15, 0.2) is 60.9 Å². The van der Waals surface area contributed by atoms with Crippen LogP contribution < -0.4 is 0 Å². The van der Waals surface area contributed by atoms with Crippen LogP contribution in [-0.2, 0) is 11.2 Å². The number of hydrogen-bond donors (Lipinski definition) is 1. The van der Waals surface area contributed by atoms with Gasteiger partial charge in [-0.25, -0.2) is 9.97 Å². The van der Waals surface area contributed by atoms with E-state index < -0.39 is 5.97 Å². The monoisotopic (exact) mass is 415 g/mol. The molecule has 0 saturated carbocycles. The van der Waals surface area contributed by atoms with Gasteiger partial charge >= 0.3 is 5.97 Å². The Kier molecular flexibility index (Phi) is 6.42. The molecule has 1 aliphatic rings. The molecule has 160 valence electrons. The summed E-state index contributed by atoms with van der Waals surface area (Å²) in [4.78, 5) is 22.7. The van der Waals surface area contributed by atoms with Crippen LogP contribution in [0.1, 0.15) is 48.3 Å². The standard InChI is InChI=1S/C26H29N3O2/c1-18-3-7-22(8-4-18)24-16-27-25(28-17-24)15-20-5-9-21(10-6-20)19(2)29-13-11-23(12-14-29)26(30)31/h3-10,16-17,19,23H,11-15H2,1-2H3,(H,30,31). The van der Waals surface area contributed by atoms with Crippen molar-refractivity contribution in [1.29, 1.82) is 0 Å². The van der Waals surface area contributed by atoms with Crippen molar-refractivity contribution in [2.45, 2.75) is 39.2 Å². The van der Waals surface area contributed by atoms with Crippen LogP contribution in [-0.4, -0.2) is 39.0 Å². The fraction of sp³-hybridized carbons (Fsp3) is 0.346. The highest BCUT2D eigenvalue weighted by Crippen LogP contribution is 2.27. The summed E-state index contributed by atoms with van der Waals surface area (Å²) in [5, 5.41) is 9.19. The second-order valence-electron chi connectivity index (χ2n) is 8.50. The van der Waals surface area contributed by atoms with Crippen LogP contribution >= 0.6 is 0 Å². The molecular weight excluding hydrogens is 386 g/mol. The SMILES string of the molecule is Cc1ccc(-c2cnc(Cc3ccc(C(C)N4CCC(C(=O)O)CC4)cc3)nc2)cc1. The second-order valence-corrected chi connectivity index (χ2v) is 8.50. The molecule has 0 radical (unpaired) electrons. The zero-order valence-corrected chi connectivity index (χ0v) is 18.2. The summed E-state index contributed by atoms with van der Waals surface area (Å²) in [5.41, 5.74) is 5.84. The summed E-state index contributed by atoms with van der Waals surface area (Å²) in [5.74, 6) is -0.0404. The molecule has 31 heavy (non-hydrogen) atoms. The summed E-state index contributed by atoms with van der Waals surface area (Å²) in [7, 11) is 0. The number of aryl methyl sites for hydroxylation is 1. The zero-order valence-electron chi connectivity index (χ0n) is 18.2. The molecule has 0 spiro atoms. The number of piperidine rings is 1. The molecule has 0 bridgehead atoms. The number of nitrogens with zero attached hydrogens (tertiary/aromatic N) is 3. The number of likely N-dealkylation sites (tertiary alicyclic amines) is 1. The average molecular weight is 416 g/mol. The maximum Gasteiger partial charge on any atom is 0.306 e. The third kappa shape index (κ3) is 5.17. The molecule has 3 aromatic rings. The molecule has 5 heteroatoms. The van der Waals surface area contributed by atoms with E-state index in [0.29, 0.717) is 6.42 Å². The van der Waals surface area contributed by atoms with Crippen LogP contribution in [0, 0.1) is 12.8 Å². The molecule has 0 amide bonds. The number of carboxylic acid groups (broad SMARTS) is 1. The Morgan fingerprint density at radius 1 is 1.00 bits per heavy atom. The molecule has 4 rings (SSSR count). The minimum atomic E-state index is -0.661. The van der Waals surface area contributed by atoms with Gasteiger partial charge in [-0.3, -0.25) is 9.69 Å². The van der Waals surface area contributed by atoms with E-state index in [4.69, 9.17) is 0 Å². The first-order valence-electron chi connectivity index (χ1n) is 10.9. The molecule has 1 saturated heterocycles. The van der Waals surface area contributed by atoms with Gasteiger partial charge in [-0.05, 0) is 56.5 Å². The summed E-state index contributed by atoms with van der Waals surface area (Å²) < 4.78 is 0. The van der Waals surface area contributed by atoms with Gasteiger partial charge in [-0.1, -0.05) is 54.1 Å². The van der Waals surface area contributed by atoms with E-state index in [1.807, 2.05) is 12.4 Å². The van der Waals surface area contributed by atoms with Crippen molar-refractivity contribution < 1.29 is 9.90 Å². The van der Waals surface area contributed by atoms with Gasteiger partial charge in [0, 0.05) is 30.4 Å². The van der Waals surface area contributed by atoms with Crippen LogP contribution in [0.25, 0.3) is 11.1 Å². The first kappa shape index (κ1) is 21.2. The Labute approximate surface area is 183 Å². The number of hydrogen-bond acceptors (Lipinski definition) is 4. The van der Waals surface area contributed by atoms with E-state index in [1.165, 1.54) is 16.7 Å². The van der Waals surface area contributed by atoms with Crippen molar-refractivity contribution >= 4 is 5.97 Å². The fourth-order valence-electron chi connectivity index (χ4n) is 4.18. The average Bonchev–Trinajstić information content (AvgIpc) is 2.80. The number of carbonyl (C=O) groups is 1. The molecule has 1 atom stereocenters. The first-order chi connectivity index (χ1) is 15.0. The van der Waals surface area contributed by atoms with Gasteiger partial charge in [-0.15, -0.1) is 0 Å². The number of aliphatic carboxylic acids is 1. The smallest absolute Gasteiger partial charge is 0.306 e. The van der Waals surface area contributed by atoms with Gasteiger partial charge in [0.1, 0.15) is 5.82 Å². The lowest BCUT2D eigenvalue weighted by molar-refractivity contribution is -0.143. The van der Waals surface area contributed by atoms with Gasteiger partial charge in [0.15, 0.2) is 0 Å². The lowest BCUT2D eigenvalue weighted by Crippen LogP contribution is -2.37. The van der Waals surface area contributed by atoms with Crippen molar-refractivity contribution in [1.82, 2.24) is 14.9 Å². The van der Waals surface area contributed by atoms with Crippen molar-refractivity contribution in [2.75, 3.05) is 13.1 Å². The van der Waals surface area contributed by atoms with E-state index in [2.05, 4.69) is 77.2 Å². The van der Waals surface area contributed by atoms with Crippen molar-refractivity contribution in [3.63, 3.8) is 0 Å². The van der Waals surface area contributed by atoms with Gasteiger partial charge in [0.2, 0.25) is 0 Å². The third-order valence-corrected chi connectivity index (χ3v) is 6.34. The Morgan fingerprint density at radius 2 is 1.61 bits per heavy atom. The normalized spacial score (nSPS) is 16.2. The predicted octanol–water partition coefficient (Wildman–Crippen LogP) is 4.90. The lowest BCUT2D eigenvalue weighted by Gasteiger charge is -2.35. The quantitative estimate of drug-likeness (QED) is 0.620. The first-order valence-corrected chi connectivity index (χ1v) is 10.9. The predicted molar refractivity (Wildman–Crippen MR) is 122 cm³/mol. The van der Waals surface area contributed by atoms with Crippen LogP contribution in [0.3, 0.4) is 0 Å². The maximum atomic E-state index is 11.2. The summed E-state index contributed by atoms with van der Waals surface area (Å²) in [6.07, 6.45) is 5.95. The summed E-state index contributed by atoms with van der Waals surface area (Å²) in [6, 6.07) is 17.3. The minimum absolute atomic E-state index is 0.191. The van der Waals surface area contributed by atoms with Gasteiger partial charge in [-0.2, -0.15) is 0 Å². The van der Waals surface area contributed by atoms with Crippen LogP contribution in [0.5, 0.6) is 0 Å². The Hall–Kier alpha value is -3.05. The van der Waals surface area contributed by atoms with Gasteiger partial charge < -0.3 is 5.11 Å². The second kappa shape index (κ2) is 9.40. The number of rotatable bonds is 6. The van der Waals surface area contributed by atoms with E-state index >= 15 is 0 Å². The van der Waals surface area contributed by atoms with Crippen molar-refractivity contribution in [3.8, 4) is 11.1 Å². The molecule has 1 N–H and O–H groups in total. The molecule has 1 unspecified atom stereocenters. The van der Waals surface area contributed by atoms with Crippen molar-refractivity contribution in [3.05, 3.63) is 83.4 Å². The van der Waals surface area contributed by atoms with Crippen molar-refractivity contribution in [2.24, 2.45) is 5.92 Å². The highest BCUT2D eigenvalue weighted by molar-refractivity contribution is 5.70. The zero-order chi connectivity index (χ0) is 21.8. The fourth-order valence-corrected chi connectivity index (χ4v) is 4.18. The molecule has 2 aromatic carbocycles. The highest BCUT2D eigenvalue weighted by Gasteiger charge is 2.27. The molecular formula is C26H29N3O2. The topological polar surface area (TPSA) is 66.3 Å². The van der Waals surface area contributed by atoms with E-state index in [0.717, 1.165) is 42.9 Å². The van der Waals surface area contributed by atoms with Gasteiger partial charge in [0.25, 0.3) is 0 Å². The van der Waals surface area contributed by atoms with Crippen LogP contribution in [0.2, 0.25) is 0 Å². The Balaban J connectivity index is 1.36. The Bertz CT molecular complexity index is 1010. The van der Waals surface area contributed by atoms with E-state index in [9.17, 15) is 9.90 Å². The molecule has 1 aromatic heterocycles. The van der Waals surface area contributed by atoms with E-state index in [1.54, 1.807) is 0 Å². The maximum absolute atomic E-state index is 11.2. The highest BCUT2D eigenvalue weighted by atomic mass is 16.4. The lowest BCUT2D eigenvalue weighted by atomic mass is 9.94. The summed E-state index contributed by atoms with van der Waals surface area (Å²) >= 11 is 0. The molecule has 5 nitrogen and oxygen atoms in total. The summed E-state index contributed by atoms with van der Waals surface area (Å²) in [6.45, 7) is 5.95. The number of carboxylic acids is 1. The number of aromatic nitrogens is 2. The molecule has 2 heterocycles. The largest absolute Gasteiger partial charge is 0.481 e. The third-order valence-electron chi connectivity index (χ3n) is 6.34. The minimum Gasteiger partial charge on any atom is -0.481 e. The Morgan fingerprint density at radius 3 is 2.19 bits per heavy atom. The molecule has 1 fully saturated rings. The number of benzene rings is 2. The van der Waals surface area contributed by atoms with E-state index in [-0.39, 0.29) is 12.0 Å². The van der Waals surface area contributed by atoms with Crippen LogP contribution in [0.4, 0.5) is 0 Å². The van der Waals surface area contributed by atoms with Gasteiger partial charge in [0.05, 0.1) is 5.92 Å². The molecule has 0 aliphatic carbocycles. The molecule has 1 aliphatic heterocycles.